The molecule has 0 aromatic heterocycles. The lowest BCUT2D eigenvalue weighted by atomic mass is 10.2. The number of urea groups is 1. The molecule has 114 valence electrons. The van der Waals surface area contributed by atoms with Crippen molar-refractivity contribution in [3.05, 3.63) is 36.9 Å². The second-order valence-corrected chi connectivity index (χ2v) is 6.25. The number of amides is 2. The van der Waals surface area contributed by atoms with Crippen LogP contribution in [0.1, 0.15) is 13.8 Å². The topological polar surface area (TPSA) is 41.6 Å². The Morgan fingerprint density at radius 2 is 2.10 bits per heavy atom. The Morgan fingerprint density at radius 1 is 1.43 bits per heavy atom. The fourth-order valence-corrected chi connectivity index (χ4v) is 3.13. The number of morpholine rings is 1. The molecule has 2 amide bonds. The molecule has 0 spiro atoms. The molecule has 0 radical (unpaired) electrons. The third-order valence-corrected chi connectivity index (χ3v) is 4.26. The van der Waals surface area contributed by atoms with Gasteiger partial charge in [-0.3, -0.25) is 0 Å². The fraction of sp³-hybridized carbons (Fsp3) is 0.438. The lowest BCUT2D eigenvalue weighted by Gasteiger charge is -2.35. The van der Waals surface area contributed by atoms with Crippen molar-refractivity contribution in [1.82, 2.24) is 4.90 Å². The molecule has 1 aliphatic rings. The van der Waals surface area contributed by atoms with Crippen molar-refractivity contribution in [2.75, 3.05) is 24.2 Å². The van der Waals surface area contributed by atoms with Crippen LogP contribution in [0, 0.1) is 0 Å². The summed E-state index contributed by atoms with van der Waals surface area (Å²) >= 11 is 1.66. The monoisotopic (exact) mass is 306 g/mol. The SMILES string of the molecule is C=CCSc1ccccc1NC(=O)N1CC(C)OC(C)C1. The van der Waals surface area contributed by atoms with Crippen LogP contribution in [0.25, 0.3) is 0 Å². The molecule has 0 saturated carbocycles. The highest BCUT2D eigenvalue weighted by Crippen LogP contribution is 2.27. The minimum absolute atomic E-state index is 0.0661. The van der Waals surface area contributed by atoms with Crippen molar-refractivity contribution in [3.8, 4) is 0 Å². The molecule has 0 bridgehead atoms. The molecule has 1 fully saturated rings. The number of anilines is 1. The predicted molar refractivity (Wildman–Crippen MR) is 88.0 cm³/mol. The molecule has 0 aliphatic carbocycles. The van der Waals surface area contributed by atoms with Crippen LogP contribution in [-0.2, 0) is 4.74 Å². The van der Waals surface area contributed by atoms with Gasteiger partial charge in [0.25, 0.3) is 0 Å². The van der Waals surface area contributed by atoms with E-state index >= 15 is 0 Å². The van der Waals surface area contributed by atoms with Crippen LogP contribution in [0.15, 0.2) is 41.8 Å². The van der Waals surface area contributed by atoms with Crippen LogP contribution in [0.4, 0.5) is 10.5 Å². The summed E-state index contributed by atoms with van der Waals surface area (Å²) in [6.07, 6.45) is 2.00. The van der Waals surface area contributed by atoms with Gasteiger partial charge in [0, 0.05) is 23.7 Å². The first kappa shape index (κ1) is 15.9. The van der Waals surface area contributed by atoms with Crippen LogP contribution in [0.5, 0.6) is 0 Å². The van der Waals surface area contributed by atoms with Gasteiger partial charge >= 0.3 is 6.03 Å². The number of thioether (sulfide) groups is 1. The van der Waals surface area contributed by atoms with E-state index in [-0.39, 0.29) is 18.2 Å². The lowest BCUT2D eigenvalue weighted by Crippen LogP contribution is -2.49. The Kier molecular flexibility index (Phi) is 5.70. The van der Waals surface area contributed by atoms with E-state index in [1.807, 2.05) is 49.1 Å². The van der Waals surface area contributed by atoms with Crippen molar-refractivity contribution in [3.63, 3.8) is 0 Å². The van der Waals surface area contributed by atoms with Gasteiger partial charge in [0.05, 0.1) is 17.9 Å². The summed E-state index contributed by atoms with van der Waals surface area (Å²) in [5, 5.41) is 3.01. The first-order chi connectivity index (χ1) is 10.1. The molecule has 2 atom stereocenters. The zero-order valence-electron chi connectivity index (χ0n) is 12.5. The number of nitrogens with one attached hydrogen (secondary N) is 1. The number of ether oxygens (including phenoxy) is 1. The Bertz CT molecular complexity index is 497. The van der Waals surface area contributed by atoms with Crippen molar-refractivity contribution in [2.24, 2.45) is 0 Å². The molecule has 1 aliphatic heterocycles. The van der Waals surface area contributed by atoms with E-state index in [9.17, 15) is 4.79 Å². The van der Waals surface area contributed by atoms with Crippen molar-refractivity contribution >= 4 is 23.5 Å². The van der Waals surface area contributed by atoms with E-state index in [1.54, 1.807) is 11.8 Å². The number of hydrogen-bond acceptors (Lipinski definition) is 3. The molecule has 1 saturated heterocycles. The summed E-state index contributed by atoms with van der Waals surface area (Å²) in [6, 6.07) is 7.77. The summed E-state index contributed by atoms with van der Waals surface area (Å²) in [5.41, 5.74) is 0.848. The summed E-state index contributed by atoms with van der Waals surface area (Å²) in [4.78, 5) is 15.3. The minimum Gasteiger partial charge on any atom is -0.372 e. The number of carbonyl (C=O) groups is 1. The van der Waals surface area contributed by atoms with Gasteiger partial charge in [0.15, 0.2) is 0 Å². The Labute approximate surface area is 130 Å². The molecule has 5 heteroatoms. The summed E-state index contributed by atoms with van der Waals surface area (Å²) in [7, 11) is 0. The van der Waals surface area contributed by atoms with Crippen molar-refractivity contribution in [2.45, 2.75) is 31.0 Å². The van der Waals surface area contributed by atoms with E-state index < -0.39 is 0 Å². The van der Waals surface area contributed by atoms with Gasteiger partial charge < -0.3 is 15.0 Å². The number of hydrogen-bond donors (Lipinski definition) is 1. The Balaban J connectivity index is 2.03. The maximum Gasteiger partial charge on any atom is 0.322 e. The minimum atomic E-state index is -0.0661. The molecule has 1 aromatic carbocycles. The number of benzene rings is 1. The van der Waals surface area contributed by atoms with E-state index in [4.69, 9.17) is 4.74 Å². The quantitative estimate of drug-likeness (QED) is 0.682. The Hall–Kier alpha value is -1.46. The summed E-state index contributed by atoms with van der Waals surface area (Å²) < 4.78 is 5.66. The van der Waals surface area contributed by atoms with Gasteiger partial charge in [-0.05, 0) is 26.0 Å². The van der Waals surface area contributed by atoms with Crippen LogP contribution in [0.3, 0.4) is 0 Å². The van der Waals surface area contributed by atoms with Crippen LogP contribution in [-0.4, -0.2) is 42.0 Å². The maximum atomic E-state index is 12.4. The highest BCUT2D eigenvalue weighted by Gasteiger charge is 2.26. The van der Waals surface area contributed by atoms with E-state index in [0.717, 1.165) is 16.3 Å². The zero-order valence-corrected chi connectivity index (χ0v) is 13.4. The van der Waals surface area contributed by atoms with Gasteiger partial charge in [-0.15, -0.1) is 18.3 Å². The van der Waals surface area contributed by atoms with Crippen molar-refractivity contribution in [1.29, 1.82) is 0 Å². The zero-order chi connectivity index (χ0) is 15.2. The van der Waals surface area contributed by atoms with Gasteiger partial charge in [-0.1, -0.05) is 18.2 Å². The van der Waals surface area contributed by atoms with Gasteiger partial charge in [0.2, 0.25) is 0 Å². The van der Waals surface area contributed by atoms with Crippen LogP contribution >= 0.6 is 11.8 Å². The molecule has 1 heterocycles. The third-order valence-electron chi connectivity index (χ3n) is 3.19. The summed E-state index contributed by atoms with van der Waals surface area (Å²) in [6.45, 7) is 8.95. The van der Waals surface area contributed by atoms with E-state index in [1.165, 1.54) is 0 Å². The third kappa shape index (κ3) is 4.51. The number of carbonyl (C=O) groups excluding carboxylic acids is 1. The highest BCUT2D eigenvalue weighted by molar-refractivity contribution is 7.99. The largest absolute Gasteiger partial charge is 0.372 e. The van der Waals surface area contributed by atoms with Crippen LogP contribution < -0.4 is 5.32 Å². The second-order valence-electron chi connectivity index (χ2n) is 5.19. The van der Waals surface area contributed by atoms with E-state index in [2.05, 4.69) is 11.9 Å². The highest BCUT2D eigenvalue weighted by atomic mass is 32.2. The average Bonchev–Trinajstić information content (AvgIpc) is 2.45. The standard InChI is InChI=1S/C16H22N2O2S/c1-4-9-21-15-8-6-5-7-14(15)17-16(19)18-10-12(2)20-13(3)11-18/h4-8,12-13H,1,9-11H2,2-3H3,(H,17,19). The average molecular weight is 306 g/mol. The second kappa shape index (κ2) is 7.52. The first-order valence-corrected chi connectivity index (χ1v) is 8.13. The molecule has 1 aromatic rings. The first-order valence-electron chi connectivity index (χ1n) is 7.14. The molecular formula is C16H22N2O2S. The van der Waals surface area contributed by atoms with Gasteiger partial charge in [0.1, 0.15) is 0 Å². The van der Waals surface area contributed by atoms with E-state index in [0.29, 0.717) is 13.1 Å². The molecule has 1 N–H and O–H groups in total. The van der Waals surface area contributed by atoms with Gasteiger partial charge in [-0.25, -0.2) is 4.79 Å². The smallest absolute Gasteiger partial charge is 0.322 e. The number of para-hydroxylation sites is 1. The molecular weight excluding hydrogens is 284 g/mol. The van der Waals surface area contributed by atoms with Crippen molar-refractivity contribution < 1.29 is 9.53 Å². The normalized spacial score (nSPS) is 21.9. The predicted octanol–water partition coefficient (Wildman–Crippen LogP) is 3.61. The number of rotatable bonds is 4. The Morgan fingerprint density at radius 3 is 2.76 bits per heavy atom. The van der Waals surface area contributed by atoms with Gasteiger partial charge in [-0.2, -0.15) is 0 Å². The number of nitrogens with zero attached hydrogens (tertiary/aromatic N) is 1. The molecule has 4 nitrogen and oxygen atoms in total. The molecule has 21 heavy (non-hydrogen) atoms. The maximum absolute atomic E-state index is 12.4. The van der Waals surface area contributed by atoms with Crippen LogP contribution in [0.2, 0.25) is 0 Å². The molecule has 2 unspecified atom stereocenters. The lowest BCUT2D eigenvalue weighted by molar-refractivity contribution is -0.0530. The fourth-order valence-electron chi connectivity index (χ4n) is 2.38. The summed E-state index contributed by atoms with van der Waals surface area (Å²) in [5.74, 6) is 0.818. The molecule has 2 rings (SSSR count).